The minimum atomic E-state index is -0.479. The van der Waals surface area contributed by atoms with Crippen LogP contribution in [0.15, 0.2) is 18.2 Å². The van der Waals surface area contributed by atoms with Crippen molar-refractivity contribution >= 4 is 23.0 Å². The van der Waals surface area contributed by atoms with E-state index >= 15 is 0 Å². The maximum Gasteiger partial charge on any atom is 0.293 e. The first-order valence-electron chi connectivity index (χ1n) is 4.23. The third-order valence-corrected chi connectivity index (χ3v) is 2.03. The topological polar surface area (TPSA) is 55.2 Å². The third-order valence-electron chi connectivity index (χ3n) is 1.72. The lowest BCUT2D eigenvalue weighted by molar-refractivity contribution is -0.383. The van der Waals surface area contributed by atoms with Crippen LogP contribution in [0.5, 0.6) is 0 Å². The number of nitro groups is 1. The molecule has 0 spiro atoms. The summed E-state index contributed by atoms with van der Waals surface area (Å²) in [6.45, 7) is 2.03. The summed E-state index contributed by atoms with van der Waals surface area (Å²) in [7, 11) is 0. The molecule has 0 aliphatic rings. The molecule has 78 valence electrons. The van der Waals surface area contributed by atoms with Gasteiger partial charge in [0.15, 0.2) is 0 Å². The van der Waals surface area contributed by atoms with Crippen LogP contribution < -0.4 is 5.32 Å². The molecule has 1 aromatic rings. The van der Waals surface area contributed by atoms with Crippen LogP contribution in [-0.2, 0) is 0 Å². The lowest BCUT2D eigenvalue weighted by Crippen LogP contribution is -2.02. The fourth-order valence-electron chi connectivity index (χ4n) is 1.06. The Kier molecular flexibility index (Phi) is 3.95. The van der Waals surface area contributed by atoms with E-state index < -0.39 is 4.92 Å². The molecule has 0 aliphatic heterocycles. The van der Waals surface area contributed by atoms with Crippen LogP contribution in [0, 0.1) is 22.0 Å². The van der Waals surface area contributed by atoms with Gasteiger partial charge >= 0.3 is 0 Å². The van der Waals surface area contributed by atoms with Gasteiger partial charge < -0.3 is 5.32 Å². The van der Waals surface area contributed by atoms with Gasteiger partial charge in [-0.15, -0.1) is 5.92 Å². The zero-order valence-electron chi connectivity index (χ0n) is 8.08. The van der Waals surface area contributed by atoms with Crippen molar-refractivity contribution in [1.29, 1.82) is 0 Å². The van der Waals surface area contributed by atoms with Crippen molar-refractivity contribution in [2.24, 2.45) is 0 Å². The molecular weight excluding hydrogens is 216 g/mol. The molecule has 0 aromatic heterocycles. The molecule has 0 amide bonds. The first-order chi connectivity index (χ1) is 7.16. The van der Waals surface area contributed by atoms with E-state index in [0.29, 0.717) is 17.3 Å². The van der Waals surface area contributed by atoms with Gasteiger partial charge in [-0.25, -0.2) is 0 Å². The highest BCUT2D eigenvalue weighted by Crippen LogP contribution is 2.31. The molecular formula is C10H9ClN2O2. The van der Waals surface area contributed by atoms with Crippen molar-refractivity contribution in [2.45, 2.75) is 6.92 Å². The molecule has 1 aromatic carbocycles. The first-order valence-corrected chi connectivity index (χ1v) is 4.61. The summed E-state index contributed by atoms with van der Waals surface area (Å²) in [5.74, 6) is 5.43. The number of para-hydroxylation sites is 1. The largest absolute Gasteiger partial charge is 0.367 e. The first kappa shape index (κ1) is 11.3. The number of nitro benzene ring substituents is 1. The molecule has 0 saturated carbocycles. The summed E-state index contributed by atoms with van der Waals surface area (Å²) in [6.07, 6.45) is 0. The number of halogens is 1. The highest BCUT2D eigenvalue weighted by molar-refractivity contribution is 6.33. The lowest BCUT2D eigenvalue weighted by atomic mass is 10.2. The molecule has 0 unspecified atom stereocenters. The monoisotopic (exact) mass is 224 g/mol. The maximum absolute atomic E-state index is 10.7. The fraction of sp³-hybridized carbons (Fsp3) is 0.200. The van der Waals surface area contributed by atoms with Gasteiger partial charge in [0.1, 0.15) is 5.69 Å². The van der Waals surface area contributed by atoms with E-state index in [4.69, 9.17) is 11.6 Å². The molecule has 0 aliphatic carbocycles. The van der Waals surface area contributed by atoms with Crippen LogP contribution in [0.2, 0.25) is 5.02 Å². The quantitative estimate of drug-likeness (QED) is 0.488. The Bertz CT molecular complexity index is 435. The smallest absolute Gasteiger partial charge is 0.293 e. The molecule has 0 radical (unpaired) electrons. The van der Waals surface area contributed by atoms with E-state index in [0.717, 1.165) is 0 Å². The Labute approximate surface area is 92.4 Å². The highest BCUT2D eigenvalue weighted by atomic mass is 35.5. The van der Waals surface area contributed by atoms with E-state index in [1.165, 1.54) is 12.1 Å². The van der Waals surface area contributed by atoms with E-state index in [1.54, 1.807) is 13.0 Å². The fourth-order valence-corrected chi connectivity index (χ4v) is 1.30. The van der Waals surface area contributed by atoms with Gasteiger partial charge in [0.2, 0.25) is 0 Å². The van der Waals surface area contributed by atoms with Crippen LogP contribution in [0.3, 0.4) is 0 Å². The van der Waals surface area contributed by atoms with Crippen molar-refractivity contribution < 1.29 is 4.92 Å². The number of nitrogens with one attached hydrogen (secondary N) is 1. The average Bonchev–Trinajstić information content (AvgIpc) is 2.20. The Morgan fingerprint density at radius 1 is 1.60 bits per heavy atom. The second-order valence-electron chi connectivity index (χ2n) is 2.67. The molecule has 0 bridgehead atoms. The minimum Gasteiger partial charge on any atom is -0.367 e. The van der Waals surface area contributed by atoms with Crippen molar-refractivity contribution in [3.8, 4) is 11.8 Å². The van der Waals surface area contributed by atoms with Gasteiger partial charge in [-0.1, -0.05) is 23.6 Å². The Morgan fingerprint density at radius 2 is 2.33 bits per heavy atom. The molecule has 4 nitrogen and oxygen atoms in total. The SMILES string of the molecule is CC#CCNc1c(Cl)cccc1[N+](=O)[O-]. The van der Waals surface area contributed by atoms with Gasteiger partial charge in [0.25, 0.3) is 5.69 Å². The molecule has 5 heteroatoms. The van der Waals surface area contributed by atoms with Crippen molar-refractivity contribution in [2.75, 3.05) is 11.9 Å². The Morgan fingerprint density at radius 3 is 2.93 bits per heavy atom. The van der Waals surface area contributed by atoms with Crippen LogP contribution in [0.4, 0.5) is 11.4 Å². The predicted molar refractivity (Wildman–Crippen MR) is 60.0 cm³/mol. The summed E-state index contributed by atoms with van der Waals surface area (Å²) in [6, 6.07) is 4.53. The van der Waals surface area contributed by atoms with E-state index in [1.807, 2.05) is 0 Å². The van der Waals surface area contributed by atoms with E-state index in [9.17, 15) is 10.1 Å². The molecule has 1 rings (SSSR count). The van der Waals surface area contributed by atoms with E-state index in [2.05, 4.69) is 17.2 Å². The van der Waals surface area contributed by atoms with Crippen molar-refractivity contribution in [3.05, 3.63) is 33.3 Å². The predicted octanol–water partition coefficient (Wildman–Crippen LogP) is 2.68. The van der Waals surface area contributed by atoms with Crippen LogP contribution in [0.25, 0.3) is 0 Å². The molecule has 0 heterocycles. The number of rotatable bonds is 3. The molecule has 0 saturated heterocycles. The Hall–Kier alpha value is -1.73. The number of nitrogens with zero attached hydrogens (tertiary/aromatic N) is 1. The van der Waals surface area contributed by atoms with Gasteiger partial charge in [0, 0.05) is 6.07 Å². The van der Waals surface area contributed by atoms with Crippen LogP contribution in [0.1, 0.15) is 6.92 Å². The summed E-state index contributed by atoms with van der Waals surface area (Å²) in [5, 5.41) is 13.8. The van der Waals surface area contributed by atoms with Crippen molar-refractivity contribution in [3.63, 3.8) is 0 Å². The lowest BCUT2D eigenvalue weighted by Gasteiger charge is -2.05. The summed E-state index contributed by atoms with van der Waals surface area (Å²) < 4.78 is 0. The van der Waals surface area contributed by atoms with Crippen LogP contribution >= 0.6 is 11.6 Å². The van der Waals surface area contributed by atoms with Gasteiger partial charge in [0.05, 0.1) is 16.5 Å². The molecule has 0 atom stereocenters. The van der Waals surface area contributed by atoms with Crippen LogP contribution in [-0.4, -0.2) is 11.5 Å². The van der Waals surface area contributed by atoms with Gasteiger partial charge in [-0.05, 0) is 13.0 Å². The second-order valence-corrected chi connectivity index (χ2v) is 3.08. The highest BCUT2D eigenvalue weighted by Gasteiger charge is 2.15. The standard InChI is InChI=1S/C10H9ClN2O2/c1-2-3-7-12-10-8(11)5-4-6-9(10)13(14)15/h4-6,12H,7H2,1H3. The van der Waals surface area contributed by atoms with Crippen molar-refractivity contribution in [1.82, 2.24) is 0 Å². The third kappa shape index (κ3) is 2.86. The molecule has 0 fully saturated rings. The number of anilines is 1. The molecule has 15 heavy (non-hydrogen) atoms. The minimum absolute atomic E-state index is 0.0413. The summed E-state index contributed by atoms with van der Waals surface area (Å²) >= 11 is 5.84. The average molecular weight is 225 g/mol. The maximum atomic E-state index is 10.7. The second kappa shape index (κ2) is 5.23. The number of hydrogen-bond acceptors (Lipinski definition) is 3. The van der Waals surface area contributed by atoms with Gasteiger partial charge in [-0.2, -0.15) is 0 Å². The number of benzene rings is 1. The normalized spacial score (nSPS) is 8.93. The number of hydrogen-bond donors (Lipinski definition) is 1. The summed E-state index contributed by atoms with van der Waals surface area (Å²) in [5.41, 5.74) is 0.271. The summed E-state index contributed by atoms with van der Waals surface area (Å²) in [4.78, 5) is 10.2. The molecule has 1 N–H and O–H groups in total. The zero-order valence-corrected chi connectivity index (χ0v) is 8.84. The Balaban J connectivity index is 3.00. The zero-order chi connectivity index (χ0) is 11.3. The van der Waals surface area contributed by atoms with E-state index in [-0.39, 0.29) is 5.69 Å². The van der Waals surface area contributed by atoms with Gasteiger partial charge in [-0.3, -0.25) is 10.1 Å².